The Hall–Kier alpha value is -4.88. The summed E-state index contributed by atoms with van der Waals surface area (Å²) in [4.78, 5) is 0. The molecule has 1 spiro atoms. The van der Waals surface area contributed by atoms with Crippen molar-refractivity contribution in [1.29, 1.82) is 0 Å². The van der Waals surface area contributed by atoms with Crippen LogP contribution in [0.1, 0.15) is 47.2 Å². The first-order valence-corrected chi connectivity index (χ1v) is 14.4. The smallest absolute Gasteiger partial charge is 0.131 e. The number of ether oxygens (including phenoxy) is 1. The van der Waals surface area contributed by atoms with Gasteiger partial charge in [0.2, 0.25) is 0 Å². The molecule has 1 aliphatic heterocycles. The Morgan fingerprint density at radius 2 is 0.854 bits per heavy atom. The molecule has 2 aliphatic carbocycles. The van der Waals surface area contributed by atoms with Crippen LogP contribution < -0.4 is 4.74 Å². The van der Waals surface area contributed by atoms with Crippen molar-refractivity contribution < 1.29 is 4.74 Å². The van der Waals surface area contributed by atoms with Gasteiger partial charge in [-0.05, 0) is 79.9 Å². The molecular formula is C40H28O. The minimum Gasteiger partial charge on any atom is -0.457 e. The van der Waals surface area contributed by atoms with E-state index in [1.54, 1.807) is 0 Å². The fraction of sp³-hybridized carbons (Fsp3) is 0.100. The van der Waals surface area contributed by atoms with Crippen LogP contribution in [0.25, 0.3) is 33.4 Å². The lowest BCUT2D eigenvalue weighted by atomic mass is 9.70. The molecule has 194 valence electrons. The third-order valence-electron chi connectivity index (χ3n) is 9.76. The summed E-state index contributed by atoms with van der Waals surface area (Å²) in [7, 11) is 0. The Labute approximate surface area is 240 Å². The van der Waals surface area contributed by atoms with Gasteiger partial charge in [-0.2, -0.15) is 0 Å². The Morgan fingerprint density at radius 3 is 1.51 bits per heavy atom. The Morgan fingerprint density at radius 1 is 0.390 bits per heavy atom. The highest BCUT2D eigenvalue weighted by molar-refractivity contribution is 5.96. The summed E-state index contributed by atoms with van der Waals surface area (Å²) in [6.07, 6.45) is 0. The summed E-state index contributed by atoms with van der Waals surface area (Å²) in [5.74, 6) is 1.90. The first-order valence-electron chi connectivity index (χ1n) is 14.4. The summed E-state index contributed by atoms with van der Waals surface area (Å²) >= 11 is 0. The number of para-hydroxylation sites is 1. The molecule has 0 saturated heterocycles. The van der Waals surface area contributed by atoms with Gasteiger partial charge in [-0.3, -0.25) is 0 Å². The van der Waals surface area contributed by atoms with E-state index in [1.165, 1.54) is 66.8 Å². The van der Waals surface area contributed by atoms with Crippen molar-refractivity contribution in [3.8, 4) is 44.9 Å². The lowest BCUT2D eigenvalue weighted by Gasteiger charge is -2.34. The Kier molecular flexibility index (Phi) is 4.39. The normalized spacial score (nSPS) is 15.7. The zero-order valence-electron chi connectivity index (χ0n) is 23.1. The maximum absolute atomic E-state index is 6.35. The quantitative estimate of drug-likeness (QED) is 0.208. The molecule has 0 fully saturated rings. The second-order valence-electron chi connectivity index (χ2n) is 12.1. The first kappa shape index (κ1) is 22.9. The number of hydrogen-bond acceptors (Lipinski definition) is 1. The van der Waals surface area contributed by atoms with E-state index >= 15 is 0 Å². The Bertz CT molecular complexity index is 2020. The predicted molar refractivity (Wildman–Crippen MR) is 167 cm³/mol. The van der Waals surface area contributed by atoms with Gasteiger partial charge in [-0.25, -0.2) is 0 Å². The van der Waals surface area contributed by atoms with Crippen LogP contribution >= 0.6 is 0 Å². The molecule has 3 aliphatic rings. The molecule has 0 N–H and O–H groups in total. The fourth-order valence-electron chi connectivity index (χ4n) is 7.90. The summed E-state index contributed by atoms with van der Waals surface area (Å²) in [6, 6.07) is 49.2. The second-order valence-corrected chi connectivity index (χ2v) is 12.1. The van der Waals surface area contributed by atoms with Crippen molar-refractivity contribution in [2.24, 2.45) is 0 Å². The van der Waals surface area contributed by atoms with E-state index in [9.17, 15) is 0 Å². The first-order chi connectivity index (χ1) is 20.1. The molecule has 41 heavy (non-hydrogen) atoms. The van der Waals surface area contributed by atoms with E-state index in [2.05, 4.69) is 141 Å². The zero-order chi connectivity index (χ0) is 27.3. The molecule has 6 aromatic carbocycles. The molecule has 0 unspecified atom stereocenters. The SMILES string of the molecule is CC1(C)c2ccccc2Oc2ccc(-c3ccc4c(c3)-c3ccccc3C43c4ccccc4-c4ccccc43)cc21. The summed E-state index contributed by atoms with van der Waals surface area (Å²) in [5, 5.41) is 0. The van der Waals surface area contributed by atoms with Gasteiger partial charge in [0.05, 0.1) is 5.41 Å². The molecule has 0 bridgehead atoms. The van der Waals surface area contributed by atoms with Crippen molar-refractivity contribution in [2.45, 2.75) is 24.7 Å². The molecule has 9 rings (SSSR count). The van der Waals surface area contributed by atoms with Gasteiger partial charge in [0.15, 0.2) is 0 Å². The largest absolute Gasteiger partial charge is 0.457 e. The average molecular weight is 525 g/mol. The number of hydrogen-bond donors (Lipinski definition) is 0. The van der Waals surface area contributed by atoms with Crippen molar-refractivity contribution >= 4 is 0 Å². The lowest BCUT2D eigenvalue weighted by molar-refractivity contribution is 0.418. The highest BCUT2D eigenvalue weighted by Gasteiger charge is 2.51. The lowest BCUT2D eigenvalue weighted by Crippen LogP contribution is -2.25. The topological polar surface area (TPSA) is 9.23 Å². The van der Waals surface area contributed by atoms with E-state index in [0.29, 0.717) is 0 Å². The van der Waals surface area contributed by atoms with E-state index in [-0.39, 0.29) is 10.8 Å². The van der Waals surface area contributed by atoms with Gasteiger partial charge in [0.25, 0.3) is 0 Å². The van der Waals surface area contributed by atoms with E-state index in [4.69, 9.17) is 4.74 Å². The third-order valence-corrected chi connectivity index (χ3v) is 9.76. The molecule has 0 atom stereocenters. The van der Waals surface area contributed by atoms with Crippen LogP contribution in [-0.2, 0) is 10.8 Å². The monoisotopic (exact) mass is 524 g/mol. The molecular weight excluding hydrogens is 496 g/mol. The van der Waals surface area contributed by atoms with Crippen LogP contribution in [0.3, 0.4) is 0 Å². The molecule has 1 nitrogen and oxygen atoms in total. The van der Waals surface area contributed by atoms with Crippen LogP contribution in [0.2, 0.25) is 0 Å². The highest BCUT2D eigenvalue weighted by Crippen LogP contribution is 2.63. The van der Waals surface area contributed by atoms with Crippen LogP contribution in [0.15, 0.2) is 133 Å². The van der Waals surface area contributed by atoms with Gasteiger partial charge in [-0.15, -0.1) is 0 Å². The van der Waals surface area contributed by atoms with Crippen LogP contribution in [0.4, 0.5) is 0 Å². The van der Waals surface area contributed by atoms with Crippen molar-refractivity contribution in [3.05, 3.63) is 167 Å². The zero-order valence-corrected chi connectivity index (χ0v) is 23.1. The number of fused-ring (bicyclic) bond motifs is 12. The van der Waals surface area contributed by atoms with E-state index < -0.39 is 0 Å². The molecule has 1 heteroatoms. The summed E-state index contributed by atoms with van der Waals surface area (Å²) in [5.41, 5.74) is 15.3. The van der Waals surface area contributed by atoms with Crippen LogP contribution in [-0.4, -0.2) is 0 Å². The maximum atomic E-state index is 6.35. The van der Waals surface area contributed by atoms with Crippen molar-refractivity contribution in [1.82, 2.24) is 0 Å². The van der Waals surface area contributed by atoms with Gasteiger partial charge in [-0.1, -0.05) is 123 Å². The van der Waals surface area contributed by atoms with Crippen molar-refractivity contribution in [2.75, 3.05) is 0 Å². The standard InChI is InChI=1S/C40H28O/c1-39(2)35-17-9-10-18-37(35)41-38-22-20-26(24-36(38)39)25-19-21-34-30(23-25)29-13-5-8-16-33(29)40(34)31-14-6-3-11-27(31)28-12-4-7-15-32(28)40/h3-24H,1-2H3. The molecule has 0 amide bonds. The van der Waals surface area contributed by atoms with Crippen LogP contribution in [0.5, 0.6) is 11.5 Å². The maximum Gasteiger partial charge on any atom is 0.131 e. The average Bonchev–Trinajstić information content (AvgIpc) is 3.48. The number of benzene rings is 6. The van der Waals surface area contributed by atoms with E-state index in [1.807, 2.05) is 6.07 Å². The van der Waals surface area contributed by atoms with Gasteiger partial charge in [0.1, 0.15) is 11.5 Å². The molecule has 0 radical (unpaired) electrons. The van der Waals surface area contributed by atoms with Gasteiger partial charge < -0.3 is 4.74 Å². The summed E-state index contributed by atoms with van der Waals surface area (Å²) < 4.78 is 6.35. The minimum absolute atomic E-state index is 0.148. The van der Waals surface area contributed by atoms with Gasteiger partial charge in [0, 0.05) is 16.5 Å². The molecule has 0 saturated carbocycles. The van der Waals surface area contributed by atoms with E-state index in [0.717, 1.165) is 11.5 Å². The third kappa shape index (κ3) is 2.81. The highest BCUT2D eigenvalue weighted by atomic mass is 16.5. The number of rotatable bonds is 1. The van der Waals surface area contributed by atoms with Crippen molar-refractivity contribution in [3.63, 3.8) is 0 Å². The molecule has 0 aromatic heterocycles. The van der Waals surface area contributed by atoms with Crippen LogP contribution in [0, 0.1) is 0 Å². The Balaban J connectivity index is 1.26. The molecule has 1 heterocycles. The fourth-order valence-corrected chi connectivity index (χ4v) is 7.90. The summed E-state index contributed by atoms with van der Waals surface area (Å²) in [6.45, 7) is 4.60. The second kappa shape index (κ2) is 7.86. The minimum atomic E-state index is -0.299. The predicted octanol–water partition coefficient (Wildman–Crippen LogP) is 10.1. The molecule has 6 aromatic rings. The van der Waals surface area contributed by atoms with Gasteiger partial charge >= 0.3 is 0 Å².